The third kappa shape index (κ3) is 49.4. The maximum absolute atomic E-state index is 12.7. The Hall–Kier alpha value is -1.59. The fourth-order valence-corrected chi connectivity index (χ4v) is 8.62. The van der Waals surface area contributed by atoms with E-state index in [0.717, 1.165) is 57.8 Å². The SMILES string of the molecule is CCCCCCCCCCCCCCCCCCCCCCCCCCC(=O)OCC(COC(=O)CCCCCCCC)OC(=O)CCCCCCCCCCCCCCCC. The van der Waals surface area contributed by atoms with Crippen molar-refractivity contribution in [1.29, 1.82) is 0 Å². The van der Waals surface area contributed by atoms with Crippen LogP contribution in [0.1, 0.15) is 323 Å². The smallest absolute Gasteiger partial charge is 0.306 e. The number of esters is 3. The van der Waals surface area contributed by atoms with Gasteiger partial charge in [-0.1, -0.05) is 284 Å². The third-order valence-corrected chi connectivity index (χ3v) is 12.9. The molecule has 0 spiro atoms. The normalized spacial score (nSPS) is 11.9. The fourth-order valence-electron chi connectivity index (χ4n) is 8.62. The zero-order chi connectivity index (χ0) is 45.1. The molecule has 6 nitrogen and oxygen atoms in total. The minimum atomic E-state index is -0.759. The van der Waals surface area contributed by atoms with Gasteiger partial charge in [-0.15, -0.1) is 0 Å². The summed E-state index contributed by atoms with van der Waals surface area (Å²) in [6, 6.07) is 0. The Bertz CT molecular complexity index is 920. The van der Waals surface area contributed by atoms with E-state index in [1.54, 1.807) is 0 Å². The van der Waals surface area contributed by atoms with Crippen molar-refractivity contribution in [2.24, 2.45) is 0 Å². The fraction of sp³-hybridized carbons (Fsp3) is 0.946. The highest BCUT2D eigenvalue weighted by Crippen LogP contribution is 2.18. The van der Waals surface area contributed by atoms with Crippen molar-refractivity contribution in [2.45, 2.75) is 329 Å². The second-order valence-corrected chi connectivity index (χ2v) is 19.2. The highest BCUT2D eigenvalue weighted by molar-refractivity contribution is 5.71. The minimum absolute atomic E-state index is 0.0625. The molecule has 0 aliphatic carbocycles. The molecule has 6 heteroatoms. The number of carbonyl (C=O) groups is 3. The van der Waals surface area contributed by atoms with Crippen LogP contribution in [0.2, 0.25) is 0 Å². The summed E-state index contributed by atoms with van der Waals surface area (Å²) < 4.78 is 16.7. The summed E-state index contributed by atoms with van der Waals surface area (Å²) >= 11 is 0. The zero-order valence-electron chi connectivity index (χ0n) is 42.2. The molecule has 0 aromatic heterocycles. The van der Waals surface area contributed by atoms with E-state index in [-0.39, 0.29) is 31.1 Å². The van der Waals surface area contributed by atoms with Crippen LogP contribution in [-0.4, -0.2) is 37.2 Å². The predicted molar refractivity (Wildman–Crippen MR) is 266 cm³/mol. The Morgan fingerprint density at radius 1 is 0.258 bits per heavy atom. The second-order valence-electron chi connectivity index (χ2n) is 19.2. The van der Waals surface area contributed by atoms with Crippen molar-refractivity contribution in [3.63, 3.8) is 0 Å². The van der Waals surface area contributed by atoms with E-state index >= 15 is 0 Å². The third-order valence-electron chi connectivity index (χ3n) is 12.9. The van der Waals surface area contributed by atoms with Crippen LogP contribution in [0.15, 0.2) is 0 Å². The Kier molecular flexibility index (Phi) is 50.7. The molecule has 0 amide bonds. The topological polar surface area (TPSA) is 78.9 Å². The lowest BCUT2D eigenvalue weighted by atomic mass is 10.0. The van der Waals surface area contributed by atoms with Gasteiger partial charge in [-0.3, -0.25) is 14.4 Å². The molecule has 0 aliphatic heterocycles. The van der Waals surface area contributed by atoms with Gasteiger partial charge in [0.2, 0.25) is 0 Å². The summed E-state index contributed by atoms with van der Waals surface area (Å²) in [6.45, 7) is 6.63. The molecule has 0 fully saturated rings. The average molecular weight is 877 g/mol. The summed E-state index contributed by atoms with van der Waals surface area (Å²) in [5.74, 6) is -0.850. The van der Waals surface area contributed by atoms with Crippen molar-refractivity contribution in [2.75, 3.05) is 13.2 Å². The van der Waals surface area contributed by atoms with E-state index in [0.29, 0.717) is 19.3 Å². The van der Waals surface area contributed by atoms with E-state index in [2.05, 4.69) is 20.8 Å². The molecule has 0 aromatic rings. The lowest BCUT2D eigenvalue weighted by Gasteiger charge is -2.18. The number of hydrogen-bond acceptors (Lipinski definition) is 6. The molecule has 0 saturated carbocycles. The van der Waals surface area contributed by atoms with Crippen molar-refractivity contribution >= 4 is 17.9 Å². The molecule has 0 saturated heterocycles. The summed E-state index contributed by atoms with van der Waals surface area (Å²) in [4.78, 5) is 37.8. The van der Waals surface area contributed by atoms with Crippen LogP contribution >= 0.6 is 0 Å². The highest BCUT2D eigenvalue weighted by atomic mass is 16.6. The van der Waals surface area contributed by atoms with Crippen LogP contribution in [0.5, 0.6) is 0 Å². The van der Waals surface area contributed by atoms with Gasteiger partial charge in [0, 0.05) is 19.3 Å². The largest absolute Gasteiger partial charge is 0.462 e. The molecular weight excluding hydrogens is 769 g/mol. The Morgan fingerprint density at radius 3 is 0.645 bits per heavy atom. The monoisotopic (exact) mass is 877 g/mol. The summed E-state index contributed by atoms with van der Waals surface area (Å²) in [5, 5.41) is 0. The molecule has 0 radical (unpaired) electrons. The van der Waals surface area contributed by atoms with Gasteiger partial charge in [-0.2, -0.15) is 0 Å². The molecule has 0 rings (SSSR count). The van der Waals surface area contributed by atoms with E-state index < -0.39 is 6.10 Å². The van der Waals surface area contributed by atoms with Crippen molar-refractivity contribution in [1.82, 2.24) is 0 Å². The zero-order valence-corrected chi connectivity index (χ0v) is 42.2. The minimum Gasteiger partial charge on any atom is -0.462 e. The number of carbonyl (C=O) groups excluding carboxylic acids is 3. The van der Waals surface area contributed by atoms with Crippen molar-refractivity contribution in [3.8, 4) is 0 Å². The maximum Gasteiger partial charge on any atom is 0.306 e. The average Bonchev–Trinajstić information content (AvgIpc) is 3.27. The van der Waals surface area contributed by atoms with Gasteiger partial charge in [-0.25, -0.2) is 0 Å². The highest BCUT2D eigenvalue weighted by Gasteiger charge is 2.19. The number of unbranched alkanes of at least 4 members (excludes halogenated alkanes) is 41. The molecule has 0 N–H and O–H groups in total. The summed E-state index contributed by atoms with van der Waals surface area (Å²) in [6.07, 6.45) is 57.0. The van der Waals surface area contributed by atoms with Crippen LogP contribution in [0, 0.1) is 0 Å². The first-order chi connectivity index (χ1) is 30.5. The number of hydrogen-bond donors (Lipinski definition) is 0. The molecule has 62 heavy (non-hydrogen) atoms. The maximum atomic E-state index is 12.7. The Balaban J connectivity index is 4.02. The molecular formula is C56H108O6. The second kappa shape index (κ2) is 52.0. The van der Waals surface area contributed by atoms with E-state index in [1.165, 1.54) is 225 Å². The van der Waals surface area contributed by atoms with Gasteiger partial charge in [0.1, 0.15) is 13.2 Å². The van der Waals surface area contributed by atoms with Crippen LogP contribution < -0.4 is 0 Å². The number of rotatable bonds is 52. The van der Waals surface area contributed by atoms with Gasteiger partial charge < -0.3 is 14.2 Å². The summed E-state index contributed by atoms with van der Waals surface area (Å²) in [5.41, 5.74) is 0. The van der Waals surface area contributed by atoms with Gasteiger partial charge >= 0.3 is 17.9 Å². The van der Waals surface area contributed by atoms with Gasteiger partial charge in [0.15, 0.2) is 6.10 Å². The van der Waals surface area contributed by atoms with Crippen molar-refractivity contribution in [3.05, 3.63) is 0 Å². The molecule has 0 heterocycles. The van der Waals surface area contributed by atoms with Gasteiger partial charge in [0.25, 0.3) is 0 Å². The molecule has 1 atom stereocenters. The molecule has 0 bridgehead atoms. The first-order valence-electron chi connectivity index (χ1n) is 28.0. The van der Waals surface area contributed by atoms with E-state index in [9.17, 15) is 14.4 Å². The standard InChI is InChI=1S/C56H108O6/c1-4-7-10-13-16-18-20-22-24-25-26-27-28-29-30-31-32-33-35-36-38-40-43-46-49-55(58)61-52-53(51-60-54(57)48-45-42-15-12-9-6-3)62-56(59)50-47-44-41-39-37-34-23-21-19-17-14-11-8-5-2/h53H,4-52H2,1-3H3. The first kappa shape index (κ1) is 60.4. The molecule has 368 valence electrons. The summed E-state index contributed by atoms with van der Waals surface area (Å²) in [7, 11) is 0. The number of ether oxygens (including phenoxy) is 3. The van der Waals surface area contributed by atoms with Crippen LogP contribution in [0.3, 0.4) is 0 Å². The Labute approximate surface area is 387 Å². The van der Waals surface area contributed by atoms with Gasteiger partial charge in [0.05, 0.1) is 0 Å². The molecule has 0 aliphatic rings. The van der Waals surface area contributed by atoms with Gasteiger partial charge in [-0.05, 0) is 19.3 Å². The quantitative estimate of drug-likeness (QED) is 0.0344. The predicted octanol–water partition coefficient (Wildman–Crippen LogP) is 18.4. The van der Waals surface area contributed by atoms with Crippen LogP contribution in [0.25, 0.3) is 0 Å². The van der Waals surface area contributed by atoms with E-state index in [1.807, 2.05) is 0 Å². The van der Waals surface area contributed by atoms with Crippen LogP contribution in [0.4, 0.5) is 0 Å². The van der Waals surface area contributed by atoms with Crippen LogP contribution in [-0.2, 0) is 28.6 Å². The lowest BCUT2D eigenvalue weighted by molar-refractivity contribution is -0.167. The first-order valence-corrected chi connectivity index (χ1v) is 28.0. The molecule has 0 aromatic carbocycles. The van der Waals surface area contributed by atoms with E-state index in [4.69, 9.17) is 14.2 Å². The Morgan fingerprint density at radius 2 is 0.435 bits per heavy atom. The van der Waals surface area contributed by atoms with Crippen molar-refractivity contribution < 1.29 is 28.6 Å². The lowest BCUT2D eigenvalue weighted by Crippen LogP contribution is -2.30. The molecule has 1 unspecified atom stereocenters.